The standard InChI is InChI=1S/C21H12ClFN4O2S/c22-17-7-15(6-3-13(17)8-24)26-18(28)9-27-11-25-20-19(21(27)29)16(10-30-20)12-1-4-14(23)5-2-12/h1-7,10-11H,9H2,(H,26,28). The summed E-state index contributed by atoms with van der Waals surface area (Å²) < 4.78 is 14.4. The van der Waals surface area contributed by atoms with Gasteiger partial charge >= 0.3 is 0 Å². The van der Waals surface area contributed by atoms with Gasteiger partial charge in [0.05, 0.1) is 22.3 Å². The lowest BCUT2D eigenvalue weighted by atomic mass is 10.1. The lowest BCUT2D eigenvalue weighted by Gasteiger charge is -2.08. The molecule has 0 aliphatic carbocycles. The number of aromatic nitrogens is 2. The predicted octanol–water partition coefficient (Wildman–Crippen LogP) is 4.43. The Labute approximate surface area is 178 Å². The summed E-state index contributed by atoms with van der Waals surface area (Å²) in [6.45, 7) is -0.252. The Balaban J connectivity index is 1.62. The second-order valence-corrected chi connectivity index (χ2v) is 7.63. The summed E-state index contributed by atoms with van der Waals surface area (Å²) in [5, 5.41) is 13.9. The second-order valence-electron chi connectivity index (χ2n) is 6.37. The molecule has 0 unspecified atom stereocenters. The van der Waals surface area contributed by atoms with Gasteiger partial charge in [-0.2, -0.15) is 5.26 Å². The zero-order chi connectivity index (χ0) is 21.3. The van der Waals surface area contributed by atoms with Crippen molar-refractivity contribution in [2.75, 3.05) is 5.32 Å². The SMILES string of the molecule is N#Cc1ccc(NC(=O)Cn2cnc3scc(-c4ccc(F)cc4)c3c2=O)cc1Cl. The molecule has 4 aromatic rings. The number of benzene rings is 2. The van der Waals surface area contributed by atoms with Gasteiger partial charge < -0.3 is 5.32 Å². The van der Waals surface area contributed by atoms with E-state index in [9.17, 15) is 14.0 Å². The molecule has 0 bridgehead atoms. The van der Waals surface area contributed by atoms with Crippen molar-refractivity contribution in [1.29, 1.82) is 5.26 Å². The fourth-order valence-electron chi connectivity index (χ4n) is 2.96. The van der Waals surface area contributed by atoms with E-state index in [1.165, 1.54) is 46.5 Å². The Bertz CT molecular complexity index is 1370. The minimum atomic E-state index is -0.447. The molecule has 2 aromatic heterocycles. The van der Waals surface area contributed by atoms with Gasteiger partial charge in [0.1, 0.15) is 23.3 Å². The third-order valence-corrected chi connectivity index (χ3v) is 5.60. The zero-order valence-corrected chi connectivity index (χ0v) is 16.8. The number of halogens is 2. The first-order valence-corrected chi connectivity index (χ1v) is 9.94. The summed E-state index contributed by atoms with van der Waals surface area (Å²) >= 11 is 7.28. The number of anilines is 1. The first kappa shape index (κ1) is 19.8. The molecule has 6 nitrogen and oxygen atoms in total. The van der Waals surface area contributed by atoms with Gasteiger partial charge in [0, 0.05) is 16.6 Å². The van der Waals surface area contributed by atoms with Gasteiger partial charge in [-0.1, -0.05) is 23.7 Å². The van der Waals surface area contributed by atoms with E-state index in [0.29, 0.717) is 32.6 Å². The van der Waals surface area contributed by atoms with Crippen molar-refractivity contribution in [3.63, 3.8) is 0 Å². The highest BCUT2D eigenvalue weighted by molar-refractivity contribution is 7.17. The number of rotatable bonds is 4. The summed E-state index contributed by atoms with van der Waals surface area (Å²) in [5.74, 6) is -0.814. The van der Waals surface area contributed by atoms with Gasteiger partial charge in [-0.25, -0.2) is 9.37 Å². The molecule has 0 radical (unpaired) electrons. The normalized spacial score (nSPS) is 10.7. The minimum Gasteiger partial charge on any atom is -0.324 e. The summed E-state index contributed by atoms with van der Waals surface area (Å²) in [5.41, 5.74) is 1.67. The molecule has 30 heavy (non-hydrogen) atoms. The largest absolute Gasteiger partial charge is 0.324 e. The Morgan fingerprint density at radius 3 is 2.73 bits per heavy atom. The second kappa shape index (κ2) is 8.06. The maximum Gasteiger partial charge on any atom is 0.263 e. The van der Waals surface area contributed by atoms with E-state index >= 15 is 0 Å². The van der Waals surface area contributed by atoms with Crippen molar-refractivity contribution in [3.05, 3.63) is 80.9 Å². The lowest BCUT2D eigenvalue weighted by Crippen LogP contribution is -2.27. The van der Waals surface area contributed by atoms with Crippen LogP contribution in [0.15, 0.2) is 59.0 Å². The van der Waals surface area contributed by atoms with Crippen LogP contribution in [0.1, 0.15) is 5.56 Å². The molecule has 0 fully saturated rings. The molecule has 0 aliphatic heterocycles. The number of hydrogen-bond donors (Lipinski definition) is 1. The molecule has 9 heteroatoms. The van der Waals surface area contributed by atoms with Crippen LogP contribution in [0.25, 0.3) is 21.3 Å². The highest BCUT2D eigenvalue weighted by Gasteiger charge is 2.15. The summed E-state index contributed by atoms with van der Waals surface area (Å²) in [6, 6.07) is 12.3. The molecule has 4 rings (SSSR count). The van der Waals surface area contributed by atoms with Crippen molar-refractivity contribution in [1.82, 2.24) is 9.55 Å². The van der Waals surface area contributed by atoms with Gasteiger partial charge in [0.25, 0.3) is 5.56 Å². The fraction of sp³-hybridized carbons (Fsp3) is 0.0476. The molecule has 0 saturated heterocycles. The Kier molecular flexibility index (Phi) is 5.31. The predicted molar refractivity (Wildman–Crippen MR) is 114 cm³/mol. The molecular formula is C21H12ClFN4O2S. The van der Waals surface area contributed by atoms with Crippen LogP contribution in [-0.2, 0) is 11.3 Å². The molecule has 2 aromatic carbocycles. The van der Waals surface area contributed by atoms with Gasteiger partial charge in [-0.05, 0) is 35.9 Å². The van der Waals surface area contributed by atoms with Crippen LogP contribution in [0.3, 0.4) is 0 Å². The Morgan fingerprint density at radius 1 is 1.27 bits per heavy atom. The van der Waals surface area contributed by atoms with Gasteiger partial charge in [0.2, 0.25) is 5.91 Å². The van der Waals surface area contributed by atoms with Crippen LogP contribution in [0.5, 0.6) is 0 Å². The van der Waals surface area contributed by atoms with E-state index in [2.05, 4.69) is 10.3 Å². The molecule has 0 saturated carbocycles. The topological polar surface area (TPSA) is 87.8 Å². The number of nitrogens with zero attached hydrogens (tertiary/aromatic N) is 3. The third kappa shape index (κ3) is 3.81. The smallest absolute Gasteiger partial charge is 0.263 e. The van der Waals surface area contributed by atoms with Gasteiger partial charge in [-0.3, -0.25) is 14.2 Å². The first-order chi connectivity index (χ1) is 14.5. The number of fused-ring (bicyclic) bond motifs is 1. The Hall–Kier alpha value is -3.54. The Morgan fingerprint density at radius 2 is 2.03 bits per heavy atom. The average molecular weight is 439 g/mol. The molecular weight excluding hydrogens is 427 g/mol. The number of amides is 1. The van der Waals surface area contributed by atoms with E-state index in [-0.39, 0.29) is 22.9 Å². The van der Waals surface area contributed by atoms with E-state index in [0.717, 1.165) is 0 Å². The molecule has 0 aliphatic rings. The highest BCUT2D eigenvalue weighted by Crippen LogP contribution is 2.30. The number of hydrogen-bond acceptors (Lipinski definition) is 5. The maximum atomic E-state index is 13.2. The lowest BCUT2D eigenvalue weighted by molar-refractivity contribution is -0.116. The van der Waals surface area contributed by atoms with E-state index < -0.39 is 5.91 Å². The average Bonchev–Trinajstić information content (AvgIpc) is 3.16. The van der Waals surface area contributed by atoms with Crippen LogP contribution in [-0.4, -0.2) is 15.5 Å². The quantitative estimate of drug-likeness (QED) is 0.510. The van der Waals surface area contributed by atoms with Crippen LogP contribution in [0.4, 0.5) is 10.1 Å². The zero-order valence-electron chi connectivity index (χ0n) is 15.2. The molecule has 148 valence electrons. The van der Waals surface area contributed by atoms with E-state index in [1.54, 1.807) is 23.6 Å². The van der Waals surface area contributed by atoms with Crippen LogP contribution >= 0.6 is 22.9 Å². The summed E-state index contributed by atoms with van der Waals surface area (Å²) in [6.07, 6.45) is 1.32. The highest BCUT2D eigenvalue weighted by atomic mass is 35.5. The number of nitrogens with one attached hydrogen (secondary N) is 1. The van der Waals surface area contributed by atoms with Gasteiger partial charge in [-0.15, -0.1) is 11.3 Å². The first-order valence-electron chi connectivity index (χ1n) is 8.68. The molecule has 1 N–H and O–H groups in total. The number of carbonyl (C=O) groups is 1. The molecule has 0 atom stereocenters. The van der Waals surface area contributed by atoms with Gasteiger partial charge in [0.15, 0.2) is 0 Å². The maximum absolute atomic E-state index is 13.2. The fourth-order valence-corrected chi connectivity index (χ4v) is 4.09. The van der Waals surface area contributed by atoms with Crippen molar-refractivity contribution in [2.24, 2.45) is 0 Å². The van der Waals surface area contributed by atoms with E-state index in [1.807, 2.05) is 6.07 Å². The van der Waals surface area contributed by atoms with Crippen LogP contribution < -0.4 is 10.9 Å². The molecule has 0 spiro atoms. The number of nitriles is 1. The number of thiophene rings is 1. The van der Waals surface area contributed by atoms with Crippen molar-refractivity contribution in [2.45, 2.75) is 6.54 Å². The molecule has 2 heterocycles. The van der Waals surface area contributed by atoms with Crippen molar-refractivity contribution < 1.29 is 9.18 Å². The summed E-state index contributed by atoms with van der Waals surface area (Å²) in [4.78, 5) is 30.2. The number of carbonyl (C=O) groups excluding carboxylic acids is 1. The van der Waals surface area contributed by atoms with Crippen molar-refractivity contribution >= 4 is 44.7 Å². The summed E-state index contributed by atoms with van der Waals surface area (Å²) in [7, 11) is 0. The van der Waals surface area contributed by atoms with Crippen LogP contribution in [0.2, 0.25) is 5.02 Å². The van der Waals surface area contributed by atoms with E-state index in [4.69, 9.17) is 16.9 Å². The minimum absolute atomic E-state index is 0.220. The molecule has 1 amide bonds. The van der Waals surface area contributed by atoms with Crippen molar-refractivity contribution in [3.8, 4) is 17.2 Å². The third-order valence-electron chi connectivity index (χ3n) is 4.40. The monoisotopic (exact) mass is 438 g/mol. The van der Waals surface area contributed by atoms with Crippen LogP contribution in [0, 0.1) is 17.1 Å².